The first kappa shape index (κ1) is 26.8. The molecule has 8 heteroatoms. The van der Waals surface area contributed by atoms with Crippen molar-refractivity contribution < 1.29 is 17.9 Å². The Kier molecular flexibility index (Phi) is 8.24. The van der Waals surface area contributed by atoms with Gasteiger partial charge in [-0.05, 0) is 79.4 Å². The zero-order chi connectivity index (χ0) is 27.2. The number of aryl methyl sites for hydroxylation is 1. The van der Waals surface area contributed by atoms with Gasteiger partial charge in [0.2, 0.25) is 5.88 Å². The van der Waals surface area contributed by atoms with E-state index in [-0.39, 0.29) is 23.0 Å². The predicted molar refractivity (Wildman–Crippen MR) is 145 cm³/mol. The van der Waals surface area contributed by atoms with Crippen LogP contribution in [0, 0.1) is 24.4 Å². The first-order chi connectivity index (χ1) is 18.9. The summed E-state index contributed by atoms with van der Waals surface area (Å²) in [4.78, 5) is 11.4. The van der Waals surface area contributed by atoms with Crippen molar-refractivity contribution in [3.63, 3.8) is 0 Å². The molecule has 0 amide bonds. The summed E-state index contributed by atoms with van der Waals surface area (Å²) in [5.74, 6) is 0.0921. The Bertz CT molecular complexity index is 1330. The third kappa shape index (κ3) is 6.82. The van der Waals surface area contributed by atoms with Crippen LogP contribution in [0.1, 0.15) is 16.8 Å². The number of rotatable bonds is 9. The van der Waals surface area contributed by atoms with Crippen molar-refractivity contribution in [2.24, 2.45) is 0 Å². The van der Waals surface area contributed by atoms with Gasteiger partial charge < -0.3 is 10.1 Å². The van der Waals surface area contributed by atoms with Gasteiger partial charge in [-0.2, -0.15) is 4.98 Å². The molecular formula is C31H31F3N4O. The molecule has 0 atom stereocenters. The molecule has 0 bridgehead atoms. The Morgan fingerprint density at radius 1 is 0.821 bits per heavy atom. The normalized spacial score (nSPS) is 15.3. The van der Waals surface area contributed by atoms with Crippen LogP contribution in [0.25, 0.3) is 11.4 Å². The number of hydrogen-bond acceptors (Lipinski definition) is 5. The van der Waals surface area contributed by atoms with E-state index in [1.165, 1.54) is 36.4 Å². The zero-order valence-corrected chi connectivity index (χ0v) is 21.8. The lowest BCUT2D eigenvalue weighted by Crippen LogP contribution is -2.64. The molecule has 2 heterocycles. The van der Waals surface area contributed by atoms with Crippen LogP contribution in [-0.2, 0) is 12.8 Å². The van der Waals surface area contributed by atoms with Gasteiger partial charge in [0.25, 0.3) is 0 Å². The lowest BCUT2D eigenvalue weighted by molar-refractivity contribution is 0.0458. The highest BCUT2D eigenvalue weighted by Gasteiger charge is 2.39. The molecule has 5 rings (SSSR count). The second kappa shape index (κ2) is 12.0. The van der Waals surface area contributed by atoms with E-state index in [0.29, 0.717) is 43.3 Å². The highest BCUT2D eigenvalue weighted by molar-refractivity contribution is 5.55. The van der Waals surface area contributed by atoms with Crippen LogP contribution in [0.5, 0.6) is 5.88 Å². The number of hydrogen-bond donors (Lipinski definition) is 1. The number of benzene rings is 3. The smallest absolute Gasteiger partial charge is 0.217 e. The second-order valence-corrected chi connectivity index (χ2v) is 10.0. The number of halogens is 3. The molecule has 3 aromatic carbocycles. The largest absolute Gasteiger partial charge is 0.476 e. The van der Waals surface area contributed by atoms with Gasteiger partial charge >= 0.3 is 0 Å². The molecule has 1 saturated heterocycles. The zero-order valence-electron chi connectivity index (χ0n) is 21.8. The minimum atomic E-state index is -0.321. The lowest BCUT2D eigenvalue weighted by atomic mass is 9.81. The quantitative estimate of drug-likeness (QED) is 0.314. The third-order valence-corrected chi connectivity index (χ3v) is 7.12. The summed E-state index contributed by atoms with van der Waals surface area (Å²) in [6.07, 6.45) is 1.39. The Morgan fingerprint density at radius 3 is 1.97 bits per heavy atom. The lowest BCUT2D eigenvalue weighted by Gasteiger charge is -2.48. The molecule has 0 unspecified atom stereocenters. The maximum Gasteiger partial charge on any atom is 0.217 e. The molecule has 39 heavy (non-hydrogen) atoms. The first-order valence-corrected chi connectivity index (χ1v) is 13.1. The summed E-state index contributed by atoms with van der Waals surface area (Å²) in [6, 6.07) is 21.1. The van der Waals surface area contributed by atoms with Crippen molar-refractivity contribution in [2.45, 2.75) is 25.3 Å². The molecule has 5 nitrogen and oxygen atoms in total. The molecular weight excluding hydrogens is 501 g/mol. The van der Waals surface area contributed by atoms with Gasteiger partial charge in [0.1, 0.15) is 24.1 Å². The van der Waals surface area contributed by atoms with Gasteiger partial charge in [-0.15, -0.1) is 0 Å². The summed E-state index contributed by atoms with van der Waals surface area (Å²) < 4.78 is 46.7. The number of aromatic nitrogens is 2. The van der Waals surface area contributed by atoms with Gasteiger partial charge in [-0.3, -0.25) is 4.90 Å². The Labute approximate surface area is 226 Å². The van der Waals surface area contributed by atoms with E-state index in [2.05, 4.69) is 20.2 Å². The van der Waals surface area contributed by atoms with Crippen molar-refractivity contribution in [3.8, 4) is 17.3 Å². The van der Waals surface area contributed by atoms with E-state index < -0.39 is 0 Å². The van der Waals surface area contributed by atoms with Crippen molar-refractivity contribution in [2.75, 3.05) is 32.8 Å². The molecule has 1 aromatic heterocycles. The van der Waals surface area contributed by atoms with Crippen LogP contribution in [-0.4, -0.2) is 53.2 Å². The van der Waals surface area contributed by atoms with Gasteiger partial charge in [0, 0.05) is 49.0 Å². The average molecular weight is 533 g/mol. The molecule has 0 aliphatic carbocycles. The SMILES string of the molecule is Cc1cc(OCCN2CCNCC2(Cc2ccc(F)cc2)Cc2ccc(F)cc2)nc(-c2ccc(F)cc2)n1. The standard InChI is InChI=1S/C31H31F3N4O/c1-22-18-29(37-30(36-22)25-6-12-28(34)13-7-25)39-17-16-38-15-14-35-21-31(38,19-23-2-8-26(32)9-3-23)20-24-4-10-27(33)11-5-24/h2-13,18,35H,14-17,19-21H2,1H3. The molecule has 0 spiro atoms. The number of ether oxygens (including phenoxy) is 1. The summed E-state index contributed by atoms with van der Waals surface area (Å²) in [6.45, 7) is 5.26. The summed E-state index contributed by atoms with van der Waals surface area (Å²) in [7, 11) is 0. The molecule has 0 saturated carbocycles. The van der Waals surface area contributed by atoms with E-state index in [4.69, 9.17) is 4.74 Å². The highest BCUT2D eigenvalue weighted by Crippen LogP contribution is 2.28. The highest BCUT2D eigenvalue weighted by atomic mass is 19.1. The van der Waals surface area contributed by atoms with Crippen molar-refractivity contribution in [1.82, 2.24) is 20.2 Å². The van der Waals surface area contributed by atoms with E-state index >= 15 is 0 Å². The van der Waals surface area contributed by atoms with E-state index in [1.54, 1.807) is 18.2 Å². The third-order valence-electron chi connectivity index (χ3n) is 7.12. The monoisotopic (exact) mass is 532 g/mol. The average Bonchev–Trinajstić information content (AvgIpc) is 2.93. The van der Waals surface area contributed by atoms with Gasteiger partial charge in [-0.25, -0.2) is 18.2 Å². The van der Waals surface area contributed by atoms with E-state index in [1.807, 2.05) is 31.2 Å². The fourth-order valence-corrected chi connectivity index (χ4v) is 5.21. The molecule has 1 aliphatic heterocycles. The van der Waals surface area contributed by atoms with E-state index in [0.717, 1.165) is 36.5 Å². The molecule has 1 aliphatic rings. The van der Waals surface area contributed by atoms with Crippen LogP contribution >= 0.6 is 0 Å². The van der Waals surface area contributed by atoms with E-state index in [9.17, 15) is 13.2 Å². The first-order valence-electron chi connectivity index (χ1n) is 13.1. The second-order valence-electron chi connectivity index (χ2n) is 10.0. The Morgan fingerprint density at radius 2 is 1.38 bits per heavy atom. The Balaban J connectivity index is 1.35. The molecule has 4 aromatic rings. The van der Waals surface area contributed by atoms with Crippen molar-refractivity contribution in [1.29, 1.82) is 0 Å². The topological polar surface area (TPSA) is 50.3 Å². The van der Waals surface area contributed by atoms with Crippen LogP contribution in [0.2, 0.25) is 0 Å². The van der Waals surface area contributed by atoms with Gasteiger partial charge in [-0.1, -0.05) is 24.3 Å². The van der Waals surface area contributed by atoms with Crippen molar-refractivity contribution in [3.05, 3.63) is 113 Å². The Hall–Kier alpha value is -3.75. The van der Waals surface area contributed by atoms with Crippen LogP contribution < -0.4 is 10.1 Å². The van der Waals surface area contributed by atoms with Crippen LogP contribution in [0.4, 0.5) is 13.2 Å². The maximum absolute atomic E-state index is 13.6. The predicted octanol–water partition coefficient (Wildman–Crippen LogP) is 5.38. The number of piperazine rings is 1. The van der Waals surface area contributed by atoms with Crippen molar-refractivity contribution >= 4 is 0 Å². The molecule has 0 radical (unpaired) electrons. The van der Waals surface area contributed by atoms with Crippen LogP contribution in [0.3, 0.4) is 0 Å². The molecule has 202 valence electrons. The number of nitrogens with one attached hydrogen (secondary N) is 1. The van der Waals surface area contributed by atoms with Crippen LogP contribution in [0.15, 0.2) is 78.9 Å². The minimum absolute atomic E-state index is 0.265. The summed E-state index contributed by atoms with van der Waals surface area (Å²) in [5.41, 5.74) is 3.21. The maximum atomic E-state index is 13.6. The summed E-state index contributed by atoms with van der Waals surface area (Å²) in [5, 5.41) is 3.54. The molecule has 1 fully saturated rings. The fourth-order valence-electron chi connectivity index (χ4n) is 5.21. The molecule has 1 N–H and O–H groups in total. The summed E-state index contributed by atoms with van der Waals surface area (Å²) >= 11 is 0. The number of nitrogens with zero attached hydrogens (tertiary/aromatic N) is 3. The van der Waals surface area contributed by atoms with Gasteiger partial charge in [0.15, 0.2) is 5.82 Å². The fraction of sp³-hybridized carbons (Fsp3) is 0.290. The van der Waals surface area contributed by atoms with Gasteiger partial charge in [0.05, 0.1) is 0 Å². The minimum Gasteiger partial charge on any atom is -0.476 e.